The van der Waals surface area contributed by atoms with Gasteiger partial charge in [0, 0.05) is 35.8 Å². The quantitative estimate of drug-likeness (QED) is 0.807. The van der Waals surface area contributed by atoms with Crippen LogP contribution in [0, 0.1) is 0 Å². The lowest BCUT2D eigenvalue weighted by molar-refractivity contribution is -0.135. The third-order valence-electron chi connectivity index (χ3n) is 3.84. The number of aromatic nitrogens is 1. The summed E-state index contributed by atoms with van der Waals surface area (Å²) in [7, 11) is 0. The minimum absolute atomic E-state index is 0.0174. The highest BCUT2D eigenvalue weighted by Crippen LogP contribution is 2.22. The Labute approximate surface area is 123 Å². The zero-order valence-electron chi connectivity index (χ0n) is 12.0. The summed E-state index contributed by atoms with van der Waals surface area (Å²) in [5.41, 5.74) is 1.59. The Morgan fingerprint density at radius 2 is 1.90 bits per heavy atom. The topological polar surface area (TPSA) is 51.5 Å². The van der Waals surface area contributed by atoms with Crippen molar-refractivity contribution in [1.29, 1.82) is 0 Å². The summed E-state index contributed by atoms with van der Waals surface area (Å²) in [6.07, 6.45) is 1.78. The van der Waals surface area contributed by atoms with E-state index in [0.717, 1.165) is 10.9 Å². The number of carbonyl (C=O) groups excluding carboxylic acids is 2. The zero-order chi connectivity index (χ0) is 14.8. The molecule has 0 unspecified atom stereocenters. The summed E-state index contributed by atoms with van der Waals surface area (Å²) in [4.78, 5) is 25.9. The molecule has 0 saturated carbocycles. The predicted octanol–water partition coefficient (Wildman–Crippen LogP) is 1.70. The van der Waals surface area contributed by atoms with Gasteiger partial charge in [-0.1, -0.05) is 18.2 Å². The van der Waals surface area contributed by atoms with Gasteiger partial charge in [0.05, 0.1) is 13.2 Å². The molecule has 1 saturated heterocycles. The van der Waals surface area contributed by atoms with Gasteiger partial charge < -0.3 is 14.2 Å². The average Bonchev–Trinajstić information content (AvgIpc) is 2.87. The van der Waals surface area contributed by atoms with Crippen LogP contribution in [0.25, 0.3) is 10.9 Å². The molecule has 2 aromatic rings. The molecule has 1 aliphatic rings. The van der Waals surface area contributed by atoms with Crippen molar-refractivity contribution in [2.24, 2.45) is 0 Å². The van der Waals surface area contributed by atoms with Crippen LogP contribution >= 0.6 is 0 Å². The van der Waals surface area contributed by atoms with Gasteiger partial charge in [0.15, 0.2) is 5.78 Å². The molecule has 0 radical (unpaired) electrons. The summed E-state index contributed by atoms with van der Waals surface area (Å²) >= 11 is 0. The first-order valence-corrected chi connectivity index (χ1v) is 7.11. The predicted molar refractivity (Wildman–Crippen MR) is 79.3 cm³/mol. The molecule has 110 valence electrons. The largest absolute Gasteiger partial charge is 0.378 e. The van der Waals surface area contributed by atoms with Gasteiger partial charge in [0.25, 0.3) is 0 Å². The highest BCUT2D eigenvalue weighted by molar-refractivity contribution is 6.07. The van der Waals surface area contributed by atoms with Crippen LogP contribution in [0.3, 0.4) is 0 Å². The number of nitrogens with zero attached hydrogens (tertiary/aromatic N) is 2. The fourth-order valence-corrected chi connectivity index (χ4v) is 2.72. The van der Waals surface area contributed by atoms with E-state index in [9.17, 15) is 9.59 Å². The lowest BCUT2D eigenvalue weighted by Gasteiger charge is -2.27. The standard InChI is InChI=1S/C16H18N2O3/c1-12(19)14-10-18(15-5-3-2-4-13(14)15)11-16(20)17-6-8-21-9-7-17/h2-5,10H,6-9,11H2,1H3. The molecule has 1 aromatic heterocycles. The van der Waals surface area contributed by atoms with Crippen LogP contribution in [-0.4, -0.2) is 47.5 Å². The zero-order valence-corrected chi connectivity index (χ0v) is 12.0. The lowest BCUT2D eigenvalue weighted by atomic mass is 10.1. The second kappa shape index (κ2) is 5.69. The third kappa shape index (κ3) is 2.69. The van der Waals surface area contributed by atoms with Crippen molar-refractivity contribution in [3.63, 3.8) is 0 Å². The number of ether oxygens (including phenoxy) is 1. The van der Waals surface area contributed by atoms with Gasteiger partial charge in [-0.3, -0.25) is 9.59 Å². The fourth-order valence-electron chi connectivity index (χ4n) is 2.72. The maximum absolute atomic E-state index is 12.4. The molecular weight excluding hydrogens is 268 g/mol. The Hall–Kier alpha value is -2.14. The van der Waals surface area contributed by atoms with Crippen LogP contribution < -0.4 is 0 Å². The monoisotopic (exact) mass is 286 g/mol. The molecule has 1 aromatic carbocycles. The lowest BCUT2D eigenvalue weighted by Crippen LogP contribution is -2.42. The number of fused-ring (bicyclic) bond motifs is 1. The van der Waals surface area contributed by atoms with E-state index in [2.05, 4.69) is 0 Å². The Morgan fingerprint density at radius 1 is 1.19 bits per heavy atom. The summed E-state index contributed by atoms with van der Waals surface area (Å²) in [5.74, 6) is 0.0814. The first-order chi connectivity index (χ1) is 10.2. The second-order valence-electron chi connectivity index (χ2n) is 5.24. The Kier molecular flexibility index (Phi) is 3.75. The fraction of sp³-hybridized carbons (Fsp3) is 0.375. The van der Waals surface area contributed by atoms with E-state index < -0.39 is 0 Å². The molecule has 2 heterocycles. The summed E-state index contributed by atoms with van der Waals surface area (Å²) in [6.45, 7) is 4.27. The van der Waals surface area contributed by atoms with Gasteiger partial charge in [0.2, 0.25) is 5.91 Å². The van der Waals surface area contributed by atoms with Gasteiger partial charge in [-0.15, -0.1) is 0 Å². The van der Waals surface area contributed by atoms with Crippen molar-refractivity contribution in [2.75, 3.05) is 26.3 Å². The van der Waals surface area contributed by atoms with E-state index >= 15 is 0 Å². The number of benzene rings is 1. The third-order valence-corrected chi connectivity index (χ3v) is 3.84. The normalized spacial score (nSPS) is 15.4. The molecule has 0 spiro atoms. The van der Waals surface area contributed by atoms with Crippen LogP contribution in [0.5, 0.6) is 0 Å². The molecular formula is C16H18N2O3. The highest BCUT2D eigenvalue weighted by atomic mass is 16.5. The van der Waals surface area contributed by atoms with Crippen molar-refractivity contribution >= 4 is 22.6 Å². The van der Waals surface area contributed by atoms with Gasteiger partial charge >= 0.3 is 0 Å². The minimum atomic E-state index is 0.0174. The van der Waals surface area contributed by atoms with Crippen molar-refractivity contribution in [1.82, 2.24) is 9.47 Å². The summed E-state index contributed by atoms with van der Waals surface area (Å²) < 4.78 is 7.13. The highest BCUT2D eigenvalue weighted by Gasteiger charge is 2.19. The Morgan fingerprint density at radius 3 is 2.62 bits per heavy atom. The van der Waals surface area contributed by atoms with E-state index in [1.165, 1.54) is 0 Å². The van der Waals surface area contributed by atoms with Gasteiger partial charge in [-0.25, -0.2) is 0 Å². The molecule has 0 aliphatic carbocycles. The van der Waals surface area contributed by atoms with E-state index in [4.69, 9.17) is 4.74 Å². The first-order valence-electron chi connectivity index (χ1n) is 7.11. The maximum Gasteiger partial charge on any atom is 0.242 e. The number of hydrogen-bond donors (Lipinski definition) is 0. The smallest absolute Gasteiger partial charge is 0.242 e. The molecule has 0 N–H and O–H groups in total. The van der Waals surface area contributed by atoms with Gasteiger partial charge in [-0.2, -0.15) is 0 Å². The average molecular weight is 286 g/mol. The van der Waals surface area contributed by atoms with E-state index in [-0.39, 0.29) is 18.2 Å². The van der Waals surface area contributed by atoms with Crippen LogP contribution in [0.4, 0.5) is 0 Å². The van der Waals surface area contributed by atoms with Crippen molar-refractivity contribution in [2.45, 2.75) is 13.5 Å². The number of ketones is 1. The van der Waals surface area contributed by atoms with Gasteiger partial charge in [0.1, 0.15) is 6.54 Å². The van der Waals surface area contributed by atoms with Crippen LogP contribution in [0.1, 0.15) is 17.3 Å². The number of Topliss-reactive ketones (excluding diaryl/α,β-unsaturated/α-hetero) is 1. The van der Waals surface area contributed by atoms with Crippen molar-refractivity contribution in [3.8, 4) is 0 Å². The Bertz CT molecular complexity index is 684. The van der Waals surface area contributed by atoms with Crippen molar-refractivity contribution in [3.05, 3.63) is 36.0 Å². The molecule has 0 bridgehead atoms. The Balaban J connectivity index is 1.90. The number of para-hydroxylation sites is 1. The maximum atomic E-state index is 12.4. The first kappa shape index (κ1) is 13.8. The molecule has 1 aliphatic heterocycles. The number of hydrogen-bond acceptors (Lipinski definition) is 3. The number of morpholine rings is 1. The van der Waals surface area contributed by atoms with Crippen LogP contribution in [0.2, 0.25) is 0 Å². The minimum Gasteiger partial charge on any atom is -0.378 e. The second-order valence-corrected chi connectivity index (χ2v) is 5.24. The molecule has 1 amide bonds. The van der Waals surface area contributed by atoms with E-state index in [1.54, 1.807) is 13.1 Å². The number of rotatable bonds is 3. The molecule has 3 rings (SSSR count). The van der Waals surface area contributed by atoms with E-state index in [1.807, 2.05) is 33.7 Å². The molecule has 5 nitrogen and oxygen atoms in total. The molecule has 0 atom stereocenters. The molecule has 21 heavy (non-hydrogen) atoms. The SMILES string of the molecule is CC(=O)c1cn(CC(=O)N2CCOCC2)c2ccccc12. The number of carbonyl (C=O) groups is 2. The van der Waals surface area contributed by atoms with Gasteiger partial charge in [-0.05, 0) is 13.0 Å². The molecule has 1 fully saturated rings. The van der Waals surface area contributed by atoms with E-state index in [0.29, 0.717) is 31.9 Å². The van der Waals surface area contributed by atoms with Crippen LogP contribution in [-0.2, 0) is 16.1 Å². The molecule has 5 heteroatoms. The van der Waals surface area contributed by atoms with Crippen molar-refractivity contribution < 1.29 is 14.3 Å². The van der Waals surface area contributed by atoms with Crippen LogP contribution in [0.15, 0.2) is 30.5 Å². The summed E-state index contributed by atoms with van der Waals surface area (Å²) in [5, 5.41) is 0.903. The summed E-state index contributed by atoms with van der Waals surface area (Å²) in [6, 6.07) is 7.68. The number of amides is 1.